The van der Waals surface area contributed by atoms with Crippen molar-refractivity contribution in [2.24, 2.45) is 0 Å². The zero-order valence-electron chi connectivity index (χ0n) is 11.3. The minimum absolute atomic E-state index is 0.140. The van der Waals surface area contributed by atoms with Crippen LogP contribution in [-0.4, -0.2) is 42.7 Å². The minimum Gasteiger partial charge on any atom is -0.444 e. The van der Waals surface area contributed by atoms with Gasteiger partial charge in [-0.2, -0.15) is 0 Å². The highest BCUT2D eigenvalue weighted by molar-refractivity contribution is 5.67. The number of nitrogens with one attached hydrogen (secondary N) is 1. The van der Waals surface area contributed by atoms with E-state index in [2.05, 4.69) is 12.2 Å². The van der Waals surface area contributed by atoms with Crippen molar-refractivity contribution in [1.29, 1.82) is 0 Å². The fourth-order valence-electron chi connectivity index (χ4n) is 1.04. The molecule has 1 unspecified atom stereocenters. The molecule has 0 aliphatic carbocycles. The van der Waals surface area contributed by atoms with Gasteiger partial charge in [0.2, 0.25) is 0 Å². The molecular formula is C12H25NO4. The van der Waals surface area contributed by atoms with Crippen LogP contribution in [0.1, 0.15) is 40.5 Å². The van der Waals surface area contributed by atoms with Crippen LogP contribution in [0.25, 0.3) is 0 Å². The number of hydrogen-bond donors (Lipinski definition) is 2. The van der Waals surface area contributed by atoms with Gasteiger partial charge in [-0.3, -0.25) is 0 Å². The largest absolute Gasteiger partial charge is 0.444 e. The van der Waals surface area contributed by atoms with Crippen LogP contribution in [0.3, 0.4) is 0 Å². The van der Waals surface area contributed by atoms with Gasteiger partial charge in [-0.15, -0.1) is 0 Å². The summed E-state index contributed by atoms with van der Waals surface area (Å²) in [4.78, 5) is 11.3. The first-order valence-corrected chi connectivity index (χ1v) is 6.08. The predicted octanol–water partition coefficient (Wildman–Crippen LogP) is 1.69. The van der Waals surface area contributed by atoms with Gasteiger partial charge in [-0.05, 0) is 27.2 Å². The molecular weight excluding hydrogens is 222 g/mol. The number of amides is 1. The molecule has 0 saturated carbocycles. The second-order valence-corrected chi connectivity index (χ2v) is 4.97. The van der Waals surface area contributed by atoms with Gasteiger partial charge in [-0.1, -0.05) is 13.3 Å². The molecule has 5 heteroatoms. The molecule has 2 N–H and O–H groups in total. The average molecular weight is 247 g/mol. The van der Waals surface area contributed by atoms with E-state index in [-0.39, 0.29) is 13.2 Å². The Kier molecular flexibility index (Phi) is 7.91. The maximum Gasteiger partial charge on any atom is 0.407 e. The van der Waals surface area contributed by atoms with Gasteiger partial charge in [0.15, 0.2) is 0 Å². The van der Waals surface area contributed by atoms with E-state index >= 15 is 0 Å². The number of hydrogen-bond acceptors (Lipinski definition) is 4. The summed E-state index contributed by atoms with van der Waals surface area (Å²) in [5.74, 6) is 0. The number of rotatable bonds is 7. The lowest BCUT2D eigenvalue weighted by Crippen LogP contribution is -2.38. The van der Waals surface area contributed by atoms with Gasteiger partial charge in [0.1, 0.15) is 5.60 Å². The first-order chi connectivity index (χ1) is 7.85. The topological polar surface area (TPSA) is 67.8 Å². The molecule has 0 spiro atoms. The summed E-state index contributed by atoms with van der Waals surface area (Å²) in [5, 5.41) is 12.0. The molecule has 0 aliphatic heterocycles. The van der Waals surface area contributed by atoms with E-state index in [1.165, 1.54) is 0 Å². The van der Waals surface area contributed by atoms with Crippen molar-refractivity contribution in [1.82, 2.24) is 5.32 Å². The molecule has 1 atom stereocenters. The van der Waals surface area contributed by atoms with Crippen molar-refractivity contribution in [3.63, 3.8) is 0 Å². The zero-order chi connectivity index (χ0) is 13.3. The van der Waals surface area contributed by atoms with E-state index in [4.69, 9.17) is 9.47 Å². The molecule has 0 heterocycles. The summed E-state index contributed by atoms with van der Waals surface area (Å²) in [5.41, 5.74) is -0.521. The second kappa shape index (κ2) is 8.31. The van der Waals surface area contributed by atoms with Crippen molar-refractivity contribution >= 4 is 6.09 Å². The van der Waals surface area contributed by atoms with Crippen molar-refractivity contribution < 1.29 is 19.4 Å². The third-order valence-corrected chi connectivity index (χ3v) is 1.83. The summed E-state index contributed by atoms with van der Waals surface area (Å²) < 4.78 is 10.3. The molecule has 0 radical (unpaired) electrons. The summed E-state index contributed by atoms with van der Waals surface area (Å²) in [6.07, 6.45) is 0.822. The van der Waals surface area contributed by atoms with Gasteiger partial charge < -0.3 is 19.9 Å². The van der Waals surface area contributed by atoms with E-state index in [0.717, 1.165) is 12.8 Å². The van der Waals surface area contributed by atoms with Crippen LogP contribution < -0.4 is 5.32 Å². The second-order valence-electron chi connectivity index (χ2n) is 4.97. The first kappa shape index (κ1) is 16.2. The minimum atomic E-state index is -0.695. The van der Waals surface area contributed by atoms with E-state index in [9.17, 15) is 9.90 Å². The van der Waals surface area contributed by atoms with Crippen LogP contribution in [0.4, 0.5) is 4.79 Å². The Morgan fingerprint density at radius 1 is 1.41 bits per heavy atom. The number of carbonyl (C=O) groups is 1. The summed E-state index contributed by atoms with van der Waals surface area (Å²) in [6, 6.07) is 0. The van der Waals surface area contributed by atoms with Gasteiger partial charge in [0.25, 0.3) is 0 Å². The maximum atomic E-state index is 11.3. The molecule has 5 nitrogen and oxygen atoms in total. The van der Waals surface area contributed by atoms with Crippen LogP contribution in [0, 0.1) is 0 Å². The van der Waals surface area contributed by atoms with Crippen LogP contribution in [0.5, 0.6) is 0 Å². The third kappa shape index (κ3) is 11.5. The van der Waals surface area contributed by atoms with Crippen LogP contribution >= 0.6 is 0 Å². The van der Waals surface area contributed by atoms with Crippen LogP contribution in [0.2, 0.25) is 0 Å². The van der Waals surface area contributed by atoms with Gasteiger partial charge in [0.05, 0.1) is 12.7 Å². The van der Waals surface area contributed by atoms with Crippen molar-refractivity contribution in [2.45, 2.75) is 52.2 Å². The molecule has 102 valence electrons. The highest BCUT2D eigenvalue weighted by Crippen LogP contribution is 2.06. The summed E-state index contributed by atoms with van der Waals surface area (Å²) in [6.45, 7) is 8.45. The quantitative estimate of drug-likeness (QED) is 0.672. The number of aliphatic hydroxyl groups excluding tert-OH is 1. The molecule has 0 rings (SSSR count). The molecule has 0 aromatic heterocycles. The third-order valence-electron chi connectivity index (χ3n) is 1.83. The molecule has 0 bridgehead atoms. The lowest BCUT2D eigenvalue weighted by molar-refractivity contribution is 0.0269. The van der Waals surface area contributed by atoms with E-state index < -0.39 is 17.8 Å². The molecule has 0 aliphatic rings. The Bertz CT molecular complexity index is 213. The number of aliphatic hydroxyl groups is 1. The normalized spacial score (nSPS) is 13.2. The first-order valence-electron chi connectivity index (χ1n) is 6.08. The smallest absolute Gasteiger partial charge is 0.407 e. The van der Waals surface area contributed by atoms with E-state index in [0.29, 0.717) is 6.61 Å². The average Bonchev–Trinajstić information content (AvgIpc) is 2.19. The molecule has 0 aromatic carbocycles. The van der Waals surface area contributed by atoms with Crippen molar-refractivity contribution in [3.05, 3.63) is 0 Å². The Morgan fingerprint density at radius 3 is 2.59 bits per heavy atom. The lowest BCUT2D eigenvalue weighted by Gasteiger charge is -2.20. The van der Waals surface area contributed by atoms with Crippen LogP contribution in [-0.2, 0) is 9.47 Å². The van der Waals surface area contributed by atoms with Crippen molar-refractivity contribution in [2.75, 3.05) is 19.8 Å². The zero-order valence-corrected chi connectivity index (χ0v) is 11.3. The lowest BCUT2D eigenvalue weighted by atomic mass is 10.2. The number of alkyl carbamates (subject to hydrolysis) is 1. The number of ether oxygens (including phenoxy) is 2. The van der Waals surface area contributed by atoms with Crippen molar-refractivity contribution in [3.8, 4) is 0 Å². The highest BCUT2D eigenvalue weighted by atomic mass is 16.6. The molecule has 0 aromatic rings. The summed E-state index contributed by atoms with van der Waals surface area (Å²) in [7, 11) is 0. The molecule has 0 fully saturated rings. The predicted molar refractivity (Wildman–Crippen MR) is 66.0 cm³/mol. The van der Waals surface area contributed by atoms with Gasteiger partial charge in [-0.25, -0.2) is 4.79 Å². The molecule has 17 heavy (non-hydrogen) atoms. The van der Waals surface area contributed by atoms with E-state index in [1.54, 1.807) is 20.8 Å². The maximum absolute atomic E-state index is 11.3. The fraction of sp³-hybridized carbons (Fsp3) is 0.917. The van der Waals surface area contributed by atoms with Gasteiger partial charge in [0, 0.05) is 13.2 Å². The number of carbonyl (C=O) groups excluding carboxylic acids is 1. The summed E-state index contributed by atoms with van der Waals surface area (Å²) >= 11 is 0. The Labute approximate surface area is 103 Å². The van der Waals surface area contributed by atoms with Crippen LogP contribution in [0.15, 0.2) is 0 Å². The Balaban J connectivity index is 3.55. The fourth-order valence-corrected chi connectivity index (χ4v) is 1.04. The SMILES string of the molecule is CCCCOCC(O)CNC(=O)OC(C)(C)C. The Hall–Kier alpha value is -0.810. The highest BCUT2D eigenvalue weighted by Gasteiger charge is 2.16. The molecule has 0 saturated heterocycles. The standard InChI is InChI=1S/C12H25NO4/c1-5-6-7-16-9-10(14)8-13-11(15)17-12(2,3)4/h10,14H,5-9H2,1-4H3,(H,13,15). The Morgan fingerprint density at radius 2 is 2.06 bits per heavy atom. The monoisotopic (exact) mass is 247 g/mol. The number of unbranched alkanes of at least 4 members (excludes halogenated alkanes) is 1. The van der Waals surface area contributed by atoms with E-state index in [1.807, 2.05) is 0 Å². The van der Waals surface area contributed by atoms with Gasteiger partial charge >= 0.3 is 6.09 Å². The molecule has 1 amide bonds.